The summed E-state index contributed by atoms with van der Waals surface area (Å²) in [5.74, 6) is -0.678. The molecule has 3 aromatic rings. The number of hydrogen-bond donors (Lipinski definition) is 1. The Morgan fingerprint density at radius 1 is 1.14 bits per heavy atom. The number of aliphatic carboxylic acids is 1. The fourth-order valence-corrected chi connectivity index (χ4v) is 5.40. The summed E-state index contributed by atoms with van der Waals surface area (Å²) in [6.45, 7) is 5.82. The van der Waals surface area contributed by atoms with Crippen LogP contribution in [-0.4, -0.2) is 50.7 Å². The Morgan fingerprint density at radius 3 is 2.29 bits per heavy atom. The average molecular weight is 549 g/mol. The molecule has 0 amide bonds. The van der Waals surface area contributed by atoms with E-state index in [4.69, 9.17) is 0 Å². The summed E-state index contributed by atoms with van der Waals surface area (Å²) in [7, 11) is 1.86. The maximum absolute atomic E-state index is 12.3. The number of carbonyl (C=O) groups is 1. The molecule has 0 saturated heterocycles. The number of carboxylic acid groups (broad SMARTS) is 1. The standard InChI is InChI=1S/C22H23F3N4O3S2.ClH/c1-13-17(33-20(28-13)34-21(2,3)18(30)31)9-10-29(4)19-26-11-15(12-27-19)14-5-7-16(8-6-14)32-22(23,24)25;/h5-8,11-12H,9-10H2,1-4H3,(H,30,31);1H. The van der Waals surface area contributed by atoms with Gasteiger partial charge in [-0.15, -0.1) is 36.9 Å². The SMILES string of the molecule is Cc1nc(SC(C)(C)C(=O)O)sc1CCN(C)c1ncc(-c2ccc(OC(F)(F)F)cc2)cn1.Cl. The number of rotatable bonds is 9. The van der Waals surface area contributed by atoms with Crippen LogP contribution in [0.4, 0.5) is 19.1 Å². The predicted octanol–water partition coefficient (Wildman–Crippen LogP) is 5.86. The Kier molecular flexibility index (Phi) is 9.37. The highest BCUT2D eigenvalue weighted by Crippen LogP contribution is 2.36. The van der Waals surface area contributed by atoms with Crippen molar-refractivity contribution in [3.8, 4) is 16.9 Å². The maximum atomic E-state index is 12.3. The first-order chi connectivity index (χ1) is 15.8. The number of nitrogens with zero attached hydrogens (tertiary/aromatic N) is 4. The van der Waals surface area contributed by atoms with Crippen molar-refractivity contribution >= 4 is 47.4 Å². The summed E-state index contributed by atoms with van der Waals surface area (Å²) >= 11 is 2.71. The van der Waals surface area contributed by atoms with E-state index in [0.29, 0.717) is 30.0 Å². The molecule has 0 radical (unpaired) electrons. The second kappa shape index (κ2) is 11.4. The van der Waals surface area contributed by atoms with Crippen LogP contribution in [0.25, 0.3) is 11.1 Å². The van der Waals surface area contributed by atoms with Crippen molar-refractivity contribution in [3.63, 3.8) is 0 Å². The molecule has 2 heterocycles. The lowest BCUT2D eigenvalue weighted by Crippen LogP contribution is -2.26. The van der Waals surface area contributed by atoms with E-state index in [0.717, 1.165) is 14.9 Å². The molecule has 3 rings (SSSR count). The van der Waals surface area contributed by atoms with Crippen LogP contribution in [-0.2, 0) is 11.2 Å². The van der Waals surface area contributed by atoms with E-state index in [1.807, 2.05) is 18.9 Å². The summed E-state index contributed by atoms with van der Waals surface area (Å²) in [5, 5.41) is 9.31. The van der Waals surface area contributed by atoms with Gasteiger partial charge in [-0.1, -0.05) is 23.9 Å². The number of aromatic nitrogens is 3. The molecule has 0 aliphatic rings. The minimum atomic E-state index is -4.73. The van der Waals surface area contributed by atoms with E-state index >= 15 is 0 Å². The molecule has 35 heavy (non-hydrogen) atoms. The lowest BCUT2D eigenvalue weighted by atomic mass is 10.1. The molecular weight excluding hydrogens is 525 g/mol. The molecule has 0 saturated carbocycles. The van der Waals surface area contributed by atoms with E-state index in [-0.39, 0.29) is 18.2 Å². The highest BCUT2D eigenvalue weighted by Gasteiger charge is 2.31. The zero-order valence-electron chi connectivity index (χ0n) is 19.3. The number of likely N-dealkylation sites (N-methyl/N-ethyl adjacent to an activating group) is 1. The van der Waals surface area contributed by atoms with Gasteiger partial charge in [-0.25, -0.2) is 15.0 Å². The second-order valence-corrected chi connectivity index (χ2v) is 10.9. The number of carboxylic acids is 1. The largest absolute Gasteiger partial charge is 0.573 e. The maximum Gasteiger partial charge on any atom is 0.573 e. The predicted molar refractivity (Wildman–Crippen MR) is 133 cm³/mol. The van der Waals surface area contributed by atoms with Gasteiger partial charge in [-0.3, -0.25) is 4.79 Å². The van der Waals surface area contributed by atoms with E-state index in [1.54, 1.807) is 26.2 Å². The molecule has 0 spiro atoms. The monoisotopic (exact) mass is 548 g/mol. The van der Waals surface area contributed by atoms with E-state index in [1.165, 1.54) is 47.4 Å². The number of hydrogen-bond acceptors (Lipinski definition) is 8. The fourth-order valence-electron chi connectivity index (χ4n) is 2.82. The molecule has 190 valence electrons. The summed E-state index contributed by atoms with van der Waals surface area (Å²) in [4.78, 5) is 27.5. The quantitative estimate of drug-likeness (QED) is 0.332. The smallest absolute Gasteiger partial charge is 0.480 e. The molecule has 7 nitrogen and oxygen atoms in total. The van der Waals surface area contributed by atoms with Crippen LogP contribution in [0.1, 0.15) is 24.4 Å². The third kappa shape index (κ3) is 7.97. The number of thioether (sulfide) groups is 1. The van der Waals surface area contributed by atoms with Gasteiger partial charge in [0, 0.05) is 42.8 Å². The van der Waals surface area contributed by atoms with Gasteiger partial charge in [-0.2, -0.15) is 0 Å². The number of thiazole rings is 1. The van der Waals surface area contributed by atoms with Crippen molar-refractivity contribution in [3.05, 3.63) is 47.2 Å². The topological polar surface area (TPSA) is 88.4 Å². The average Bonchev–Trinajstić information content (AvgIpc) is 3.09. The lowest BCUT2D eigenvalue weighted by Gasteiger charge is -2.17. The first-order valence-corrected chi connectivity index (χ1v) is 11.8. The molecule has 0 atom stereocenters. The summed E-state index contributed by atoms with van der Waals surface area (Å²) in [6, 6.07) is 5.50. The van der Waals surface area contributed by atoms with Crippen LogP contribution in [0.15, 0.2) is 41.0 Å². The molecule has 0 fully saturated rings. The van der Waals surface area contributed by atoms with Gasteiger partial charge >= 0.3 is 12.3 Å². The highest BCUT2D eigenvalue weighted by atomic mass is 35.5. The van der Waals surface area contributed by atoms with Crippen molar-refractivity contribution in [2.75, 3.05) is 18.5 Å². The third-order valence-corrected chi connectivity index (χ3v) is 7.27. The van der Waals surface area contributed by atoms with Crippen LogP contribution in [0.5, 0.6) is 5.75 Å². The number of aryl methyl sites for hydroxylation is 1. The number of ether oxygens (including phenoxy) is 1. The molecule has 0 bridgehead atoms. The normalized spacial score (nSPS) is 11.6. The Balaban J connectivity index is 0.00000432. The van der Waals surface area contributed by atoms with E-state index in [9.17, 15) is 23.1 Å². The zero-order chi connectivity index (χ0) is 25.1. The van der Waals surface area contributed by atoms with Crippen molar-refractivity contribution in [1.29, 1.82) is 0 Å². The molecule has 1 N–H and O–H groups in total. The van der Waals surface area contributed by atoms with E-state index in [2.05, 4.69) is 19.7 Å². The Morgan fingerprint density at radius 2 is 1.74 bits per heavy atom. The van der Waals surface area contributed by atoms with Crippen LogP contribution < -0.4 is 9.64 Å². The van der Waals surface area contributed by atoms with Gasteiger partial charge in [0.1, 0.15) is 10.5 Å². The summed E-state index contributed by atoms with van der Waals surface area (Å²) in [5.41, 5.74) is 2.20. The van der Waals surface area contributed by atoms with Crippen molar-refractivity contribution < 1.29 is 27.8 Å². The lowest BCUT2D eigenvalue weighted by molar-refractivity contribution is -0.274. The van der Waals surface area contributed by atoms with Crippen LogP contribution >= 0.6 is 35.5 Å². The highest BCUT2D eigenvalue weighted by molar-refractivity contribution is 8.03. The van der Waals surface area contributed by atoms with Gasteiger partial charge < -0.3 is 14.7 Å². The first kappa shape index (κ1) is 28.7. The van der Waals surface area contributed by atoms with Gasteiger partial charge in [0.25, 0.3) is 0 Å². The van der Waals surface area contributed by atoms with Crippen LogP contribution in [0.2, 0.25) is 0 Å². The van der Waals surface area contributed by atoms with Crippen molar-refractivity contribution in [2.24, 2.45) is 0 Å². The summed E-state index contributed by atoms with van der Waals surface area (Å²) in [6.07, 6.45) is -0.817. The first-order valence-electron chi connectivity index (χ1n) is 10.1. The molecule has 0 aliphatic heterocycles. The third-order valence-electron chi connectivity index (χ3n) is 4.81. The molecule has 2 aromatic heterocycles. The van der Waals surface area contributed by atoms with Gasteiger partial charge in [0.05, 0.1) is 5.69 Å². The molecule has 1 aromatic carbocycles. The fraction of sp³-hybridized carbons (Fsp3) is 0.364. The number of anilines is 1. The Hall–Kier alpha value is -2.57. The van der Waals surface area contributed by atoms with Gasteiger partial charge in [-0.05, 0) is 38.5 Å². The minimum absolute atomic E-state index is 0. The Bertz CT molecular complexity index is 1140. The summed E-state index contributed by atoms with van der Waals surface area (Å²) < 4.78 is 40.5. The number of alkyl halides is 3. The van der Waals surface area contributed by atoms with Crippen molar-refractivity contribution in [1.82, 2.24) is 15.0 Å². The van der Waals surface area contributed by atoms with Crippen LogP contribution in [0.3, 0.4) is 0 Å². The van der Waals surface area contributed by atoms with Gasteiger partial charge in [0.2, 0.25) is 5.95 Å². The number of benzene rings is 1. The van der Waals surface area contributed by atoms with Crippen LogP contribution in [0, 0.1) is 6.92 Å². The second-order valence-electron chi connectivity index (χ2n) is 7.92. The molecule has 0 aliphatic carbocycles. The van der Waals surface area contributed by atoms with Gasteiger partial charge in [0.15, 0.2) is 4.34 Å². The Labute approximate surface area is 215 Å². The molecule has 0 unspecified atom stereocenters. The number of halogens is 4. The molecule has 13 heteroatoms. The zero-order valence-corrected chi connectivity index (χ0v) is 21.7. The minimum Gasteiger partial charge on any atom is -0.480 e. The molecular formula is C22H24ClF3N4O3S2. The van der Waals surface area contributed by atoms with Crippen molar-refractivity contribution in [2.45, 2.75) is 42.6 Å². The van der Waals surface area contributed by atoms with E-state index < -0.39 is 17.1 Å².